The van der Waals surface area contributed by atoms with E-state index >= 15 is 0 Å². The second kappa shape index (κ2) is 6.41. The predicted octanol–water partition coefficient (Wildman–Crippen LogP) is 3.49. The highest BCUT2D eigenvalue weighted by Gasteiger charge is 2.17. The van der Waals surface area contributed by atoms with E-state index in [0.29, 0.717) is 12.5 Å². The Balaban J connectivity index is 1.70. The minimum absolute atomic E-state index is 0.00189. The molecule has 1 aromatic heterocycles. The molecule has 3 nitrogen and oxygen atoms in total. The summed E-state index contributed by atoms with van der Waals surface area (Å²) in [5.74, 6) is 0.453. The first-order valence-electron chi connectivity index (χ1n) is 7.24. The van der Waals surface area contributed by atoms with E-state index in [0.717, 1.165) is 30.8 Å². The van der Waals surface area contributed by atoms with Gasteiger partial charge in [-0.25, -0.2) is 0 Å². The molecule has 1 fully saturated rings. The first-order chi connectivity index (χ1) is 10.2. The maximum Gasteiger partial charge on any atom is 0.251 e. The molecule has 0 bridgehead atoms. The molecule has 1 unspecified atom stereocenters. The van der Waals surface area contributed by atoms with Crippen LogP contribution in [0.15, 0.2) is 35.7 Å². The van der Waals surface area contributed by atoms with Crippen molar-refractivity contribution >= 4 is 17.2 Å². The van der Waals surface area contributed by atoms with Gasteiger partial charge in [0, 0.05) is 29.5 Å². The SMILES string of the molecule is Cc1ccsc1-c1cccc(C(=O)NCC2CCOC2)c1. The maximum atomic E-state index is 12.3. The number of carbonyl (C=O) groups excluding carboxylic acids is 1. The van der Waals surface area contributed by atoms with Crippen molar-refractivity contribution in [1.29, 1.82) is 0 Å². The highest BCUT2D eigenvalue weighted by molar-refractivity contribution is 7.13. The molecule has 3 rings (SSSR count). The van der Waals surface area contributed by atoms with E-state index < -0.39 is 0 Å². The van der Waals surface area contributed by atoms with E-state index in [1.54, 1.807) is 11.3 Å². The van der Waals surface area contributed by atoms with Gasteiger partial charge in [0.05, 0.1) is 6.61 Å². The van der Waals surface area contributed by atoms with Gasteiger partial charge in [0.2, 0.25) is 0 Å². The Morgan fingerprint density at radius 1 is 1.43 bits per heavy atom. The number of rotatable bonds is 4. The van der Waals surface area contributed by atoms with Gasteiger partial charge in [-0.3, -0.25) is 4.79 Å². The summed E-state index contributed by atoms with van der Waals surface area (Å²) in [7, 11) is 0. The summed E-state index contributed by atoms with van der Waals surface area (Å²) < 4.78 is 5.33. The van der Waals surface area contributed by atoms with Crippen LogP contribution in [0.4, 0.5) is 0 Å². The van der Waals surface area contributed by atoms with E-state index in [-0.39, 0.29) is 5.91 Å². The topological polar surface area (TPSA) is 38.3 Å². The van der Waals surface area contributed by atoms with Crippen LogP contribution < -0.4 is 5.32 Å². The molecule has 1 saturated heterocycles. The Hall–Kier alpha value is -1.65. The third-order valence-corrected chi connectivity index (χ3v) is 4.89. The van der Waals surface area contributed by atoms with Crippen LogP contribution >= 0.6 is 11.3 Å². The molecule has 1 amide bonds. The third kappa shape index (κ3) is 3.34. The Kier molecular flexibility index (Phi) is 4.36. The summed E-state index contributed by atoms with van der Waals surface area (Å²) in [5.41, 5.74) is 3.08. The maximum absolute atomic E-state index is 12.3. The van der Waals surface area contributed by atoms with E-state index in [1.165, 1.54) is 10.4 Å². The van der Waals surface area contributed by atoms with Crippen LogP contribution in [0.25, 0.3) is 10.4 Å². The molecule has 0 radical (unpaired) electrons. The molecule has 4 heteroatoms. The van der Waals surface area contributed by atoms with Gasteiger partial charge in [-0.1, -0.05) is 12.1 Å². The van der Waals surface area contributed by atoms with Crippen molar-refractivity contribution in [3.05, 3.63) is 46.8 Å². The zero-order chi connectivity index (χ0) is 14.7. The van der Waals surface area contributed by atoms with Crippen LogP contribution in [0.5, 0.6) is 0 Å². The van der Waals surface area contributed by atoms with E-state index in [1.807, 2.05) is 18.2 Å². The van der Waals surface area contributed by atoms with Gasteiger partial charge in [0.25, 0.3) is 5.91 Å². The normalized spacial score (nSPS) is 17.9. The lowest BCUT2D eigenvalue weighted by Crippen LogP contribution is -2.29. The molecule has 0 spiro atoms. The van der Waals surface area contributed by atoms with E-state index in [4.69, 9.17) is 4.74 Å². The van der Waals surface area contributed by atoms with Crippen molar-refractivity contribution in [2.24, 2.45) is 5.92 Å². The highest BCUT2D eigenvalue weighted by atomic mass is 32.1. The first-order valence-corrected chi connectivity index (χ1v) is 8.12. The molecule has 0 aliphatic carbocycles. The number of nitrogens with one attached hydrogen (secondary N) is 1. The summed E-state index contributed by atoms with van der Waals surface area (Å²) in [6.07, 6.45) is 1.04. The number of hydrogen-bond donors (Lipinski definition) is 1. The van der Waals surface area contributed by atoms with Gasteiger partial charge in [-0.2, -0.15) is 0 Å². The third-order valence-electron chi connectivity index (χ3n) is 3.82. The van der Waals surface area contributed by atoms with Gasteiger partial charge in [0.1, 0.15) is 0 Å². The Morgan fingerprint density at radius 2 is 2.33 bits per heavy atom. The molecule has 2 heterocycles. The average Bonchev–Trinajstić information content (AvgIpc) is 3.16. The van der Waals surface area contributed by atoms with Crippen molar-refractivity contribution in [2.45, 2.75) is 13.3 Å². The lowest BCUT2D eigenvalue weighted by Gasteiger charge is -2.10. The molecular formula is C17H19NO2S. The van der Waals surface area contributed by atoms with Gasteiger partial charge in [0.15, 0.2) is 0 Å². The predicted molar refractivity (Wildman–Crippen MR) is 85.8 cm³/mol. The molecule has 1 aromatic carbocycles. The second-order valence-corrected chi connectivity index (χ2v) is 6.37. The molecule has 0 saturated carbocycles. The zero-order valence-corrected chi connectivity index (χ0v) is 12.9. The minimum atomic E-state index is -0.00189. The van der Waals surface area contributed by atoms with Crippen LogP contribution in [0.1, 0.15) is 22.3 Å². The van der Waals surface area contributed by atoms with Crippen LogP contribution in [0.3, 0.4) is 0 Å². The fourth-order valence-corrected chi connectivity index (χ4v) is 3.48. The average molecular weight is 301 g/mol. The molecule has 1 aliphatic rings. The molecule has 1 atom stereocenters. The van der Waals surface area contributed by atoms with E-state index in [9.17, 15) is 4.79 Å². The summed E-state index contributed by atoms with van der Waals surface area (Å²) in [6, 6.07) is 9.95. The monoisotopic (exact) mass is 301 g/mol. The second-order valence-electron chi connectivity index (χ2n) is 5.45. The summed E-state index contributed by atoms with van der Waals surface area (Å²) in [4.78, 5) is 13.5. The molecule has 1 aliphatic heterocycles. The van der Waals surface area contributed by atoms with Crippen LogP contribution in [-0.4, -0.2) is 25.7 Å². The Morgan fingerprint density at radius 3 is 3.05 bits per heavy atom. The van der Waals surface area contributed by atoms with Crippen molar-refractivity contribution < 1.29 is 9.53 Å². The van der Waals surface area contributed by atoms with Crippen molar-refractivity contribution in [3.8, 4) is 10.4 Å². The summed E-state index contributed by atoms with van der Waals surface area (Å²) in [6.45, 7) is 4.36. The summed E-state index contributed by atoms with van der Waals surface area (Å²) in [5, 5.41) is 5.09. The number of thiophene rings is 1. The zero-order valence-electron chi connectivity index (χ0n) is 12.1. The lowest BCUT2D eigenvalue weighted by atomic mass is 10.1. The number of aryl methyl sites for hydroxylation is 1. The van der Waals surface area contributed by atoms with Crippen LogP contribution in [-0.2, 0) is 4.74 Å². The fourth-order valence-electron chi connectivity index (χ4n) is 2.55. The van der Waals surface area contributed by atoms with Crippen molar-refractivity contribution in [1.82, 2.24) is 5.32 Å². The Labute approximate surface area is 129 Å². The van der Waals surface area contributed by atoms with Gasteiger partial charge in [-0.05, 0) is 48.1 Å². The highest BCUT2D eigenvalue weighted by Crippen LogP contribution is 2.29. The van der Waals surface area contributed by atoms with Gasteiger partial charge in [-0.15, -0.1) is 11.3 Å². The molecule has 2 aromatic rings. The minimum Gasteiger partial charge on any atom is -0.381 e. The number of ether oxygens (including phenoxy) is 1. The van der Waals surface area contributed by atoms with Crippen LogP contribution in [0, 0.1) is 12.8 Å². The first kappa shape index (κ1) is 14.3. The van der Waals surface area contributed by atoms with Crippen LogP contribution in [0.2, 0.25) is 0 Å². The van der Waals surface area contributed by atoms with Crippen molar-refractivity contribution in [3.63, 3.8) is 0 Å². The molecule has 110 valence electrons. The summed E-state index contributed by atoms with van der Waals surface area (Å²) >= 11 is 1.71. The Bertz CT molecular complexity index is 629. The fraction of sp³-hybridized carbons (Fsp3) is 0.353. The molecular weight excluding hydrogens is 282 g/mol. The lowest BCUT2D eigenvalue weighted by molar-refractivity contribution is 0.0945. The number of benzene rings is 1. The number of hydrogen-bond acceptors (Lipinski definition) is 3. The molecule has 1 N–H and O–H groups in total. The standard InChI is InChI=1S/C17H19NO2S/c1-12-6-8-21-16(12)14-3-2-4-15(9-14)17(19)18-10-13-5-7-20-11-13/h2-4,6,8-9,13H,5,7,10-11H2,1H3,(H,18,19). The largest absolute Gasteiger partial charge is 0.381 e. The van der Waals surface area contributed by atoms with Crippen molar-refractivity contribution in [2.75, 3.05) is 19.8 Å². The van der Waals surface area contributed by atoms with Gasteiger partial charge >= 0.3 is 0 Å². The van der Waals surface area contributed by atoms with Gasteiger partial charge < -0.3 is 10.1 Å². The molecule has 21 heavy (non-hydrogen) atoms. The van der Waals surface area contributed by atoms with E-state index in [2.05, 4.69) is 29.8 Å². The smallest absolute Gasteiger partial charge is 0.251 e. The number of amides is 1. The number of carbonyl (C=O) groups is 1. The quantitative estimate of drug-likeness (QED) is 0.939.